The fourth-order valence-electron chi connectivity index (χ4n) is 3.02. The van der Waals surface area contributed by atoms with Gasteiger partial charge in [-0.05, 0) is 19.8 Å². The van der Waals surface area contributed by atoms with Gasteiger partial charge in [0.05, 0.1) is 11.6 Å². The molecule has 0 amide bonds. The predicted molar refractivity (Wildman–Crippen MR) is 72.6 cm³/mol. The van der Waals surface area contributed by atoms with Crippen molar-refractivity contribution in [3.63, 3.8) is 0 Å². The van der Waals surface area contributed by atoms with Crippen molar-refractivity contribution in [1.29, 1.82) is 0 Å². The maximum absolute atomic E-state index is 10.3. The summed E-state index contributed by atoms with van der Waals surface area (Å²) in [4.78, 5) is 10.6. The summed E-state index contributed by atoms with van der Waals surface area (Å²) < 4.78 is 5.75. The summed E-state index contributed by atoms with van der Waals surface area (Å²) in [6, 6.07) is 0.168. The van der Waals surface area contributed by atoms with Crippen LogP contribution in [0.25, 0.3) is 11.0 Å². The normalized spacial score (nSPS) is 28.9. The highest BCUT2D eigenvalue weighted by atomic mass is 16.5. The quantitative estimate of drug-likeness (QED) is 0.623. The summed E-state index contributed by atoms with van der Waals surface area (Å²) in [5, 5.41) is 18.0. The van der Waals surface area contributed by atoms with Gasteiger partial charge >= 0.3 is 0 Å². The molecule has 0 aromatic carbocycles. The Kier molecular flexibility index (Phi) is 2.18. The van der Waals surface area contributed by atoms with E-state index in [2.05, 4.69) is 25.1 Å². The second-order valence-electron chi connectivity index (χ2n) is 5.79. The number of nitrogen functional groups attached to an aromatic ring is 1. The van der Waals surface area contributed by atoms with E-state index in [1.165, 1.54) is 0 Å². The van der Waals surface area contributed by atoms with Gasteiger partial charge in [0.2, 0.25) is 11.8 Å². The van der Waals surface area contributed by atoms with Crippen LogP contribution < -0.4 is 15.4 Å². The molecule has 2 aromatic rings. The first-order valence-electron chi connectivity index (χ1n) is 6.67. The number of piperidine rings is 1. The number of hydrogen-bond acceptors (Lipinski definition) is 7. The standard InChI is InChI=1S/C12H16N6O2/c1-12(19)3-2-6-4-20-10-7-8(16-17-10)14-11(13)15-9(7)18(6)5-12/h6,19H,2-5H2,1H3,(H3,13,14,15,16,17). The Morgan fingerprint density at radius 2 is 2.35 bits per heavy atom. The minimum Gasteiger partial charge on any atom is -0.474 e. The monoisotopic (exact) mass is 276 g/mol. The topological polar surface area (TPSA) is 113 Å². The van der Waals surface area contributed by atoms with Gasteiger partial charge in [0, 0.05) is 6.54 Å². The minimum atomic E-state index is -0.739. The smallest absolute Gasteiger partial charge is 0.246 e. The number of fused-ring (bicyclic) bond motifs is 2. The molecule has 0 aliphatic carbocycles. The van der Waals surface area contributed by atoms with E-state index in [0.29, 0.717) is 30.5 Å². The number of aromatic nitrogens is 4. The summed E-state index contributed by atoms with van der Waals surface area (Å²) in [6.07, 6.45) is 1.58. The van der Waals surface area contributed by atoms with Crippen molar-refractivity contribution < 1.29 is 9.84 Å². The van der Waals surface area contributed by atoms with Gasteiger partial charge in [-0.25, -0.2) is 0 Å². The van der Waals surface area contributed by atoms with Gasteiger partial charge in [0.1, 0.15) is 17.8 Å². The minimum absolute atomic E-state index is 0.168. The molecular formula is C12H16N6O2. The largest absolute Gasteiger partial charge is 0.474 e. The molecule has 2 aliphatic rings. The van der Waals surface area contributed by atoms with Crippen LogP contribution in [0.15, 0.2) is 0 Å². The maximum Gasteiger partial charge on any atom is 0.246 e. The number of aliphatic hydroxyl groups is 1. The maximum atomic E-state index is 10.3. The second kappa shape index (κ2) is 3.72. The predicted octanol–water partition coefficient (Wildman–Crippen LogP) is 0.0473. The molecule has 4 heterocycles. The SMILES string of the molecule is CC1(O)CCC2COc3n[nH]c4nc(N)nc(c34)N2C1. The van der Waals surface area contributed by atoms with E-state index in [-0.39, 0.29) is 12.0 Å². The number of H-pyrrole nitrogens is 1. The molecule has 0 spiro atoms. The number of rotatable bonds is 0. The first-order chi connectivity index (χ1) is 9.53. The highest BCUT2D eigenvalue weighted by Gasteiger charge is 2.39. The van der Waals surface area contributed by atoms with E-state index >= 15 is 0 Å². The fraction of sp³-hybridized carbons (Fsp3) is 0.583. The molecule has 2 aliphatic heterocycles. The number of anilines is 2. The summed E-state index contributed by atoms with van der Waals surface area (Å²) in [7, 11) is 0. The van der Waals surface area contributed by atoms with E-state index in [4.69, 9.17) is 10.5 Å². The van der Waals surface area contributed by atoms with E-state index in [1.54, 1.807) is 0 Å². The van der Waals surface area contributed by atoms with Crippen LogP contribution in [0.2, 0.25) is 0 Å². The molecule has 2 aromatic heterocycles. The number of nitrogens with one attached hydrogen (secondary N) is 1. The van der Waals surface area contributed by atoms with Crippen LogP contribution >= 0.6 is 0 Å². The summed E-state index contributed by atoms with van der Waals surface area (Å²) in [5.41, 5.74) is 5.60. The van der Waals surface area contributed by atoms with Gasteiger partial charge in [-0.2, -0.15) is 9.97 Å². The second-order valence-corrected chi connectivity index (χ2v) is 5.79. The fourth-order valence-corrected chi connectivity index (χ4v) is 3.02. The van der Waals surface area contributed by atoms with Crippen LogP contribution in [0.5, 0.6) is 5.88 Å². The number of ether oxygens (including phenoxy) is 1. The highest BCUT2D eigenvalue weighted by Crippen LogP contribution is 2.38. The van der Waals surface area contributed by atoms with E-state index in [9.17, 15) is 5.11 Å². The number of nitrogens with two attached hydrogens (primary N) is 1. The Hall–Kier alpha value is -2.09. The molecule has 2 atom stereocenters. The van der Waals surface area contributed by atoms with Crippen LogP contribution in [-0.4, -0.2) is 50.1 Å². The molecule has 4 rings (SSSR count). The van der Waals surface area contributed by atoms with Crippen molar-refractivity contribution >= 4 is 22.8 Å². The van der Waals surface area contributed by atoms with Crippen molar-refractivity contribution in [3.8, 4) is 5.88 Å². The van der Waals surface area contributed by atoms with E-state index in [0.717, 1.165) is 18.2 Å². The summed E-state index contributed by atoms with van der Waals surface area (Å²) in [5.74, 6) is 1.39. The van der Waals surface area contributed by atoms with Gasteiger partial charge in [0.15, 0.2) is 5.65 Å². The Morgan fingerprint density at radius 1 is 1.50 bits per heavy atom. The van der Waals surface area contributed by atoms with Crippen molar-refractivity contribution in [2.45, 2.75) is 31.4 Å². The van der Waals surface area contributed by atoms with Gasteiger partial charge in [0.25, 0.3) is 0 Å². The lowest BCUT2D eigenvalue weighted by molar-refractivity contribution is 0.0322. The molecule has 0 saturated carbocycles. The number of nitrogens with zero attached hydrogens (tertiary/aromatic N) is 4. The number of hydrogen-bond donors (Lipinski definition) is 3. The van der Waals surface area contributed by atoms with Crippen LogP contribution in [-0.2, 0) is 0 Å². The third-order valence-corrected chi connectivity index (χ3v) is 4.04. The molecule has 1 saturated heterocycles. The zero-order valence-corrected chi connectivity index (χ0v) is 11.1. The van der Waals surface area contributed by atoms with Gasteiger partial charge in [-0.3, -0.25) is 5.10 Å². The first kappa shape index (κ1) is 11.7. The third-order valence-electron chi connectivity index (χ3n) is 4.04. The van der Waals surface area contributed by atoms with Crippen LogP contribution in [0.1, 0.15) is 19.8 Å². The number of aromatic amines is 1. The zero-order valence-electron chi connectivity index (χ0n) is 11.1. The molecule has 106 valence electrons. The average molecular weight is 276 g/mol. The zero-order chi connectivity index (χ0) is 13.9. The van der Waals surface area contributed by atoms with Crippen LogP contribution in [0.3, 0.4) is 0 Å². The molecule has 8 heteroatoms. The van der Waals surface area contributed by atoms with Gasteiger partial charge in [-0.15, -0.1) is 5.10 Å². The van der Waals surface area contributed by atoms with E-state index < -0.39 is 5.60 Å². The Balaban J connectivity index is 1.92. The third kappa shape index (κ3) is 1.61. The molecule has 1 fully saturated rings. The lowest BCUT2D eigenvalue weighted by atomic mass is 9.90. The molecule has 4 N–H and O–H groups in total. The molecule has 0 bridgehead atoms. The Labute approximate surface area is 115 Å². The van der Waals surface area contributed by atoms with E-state index in [1.807, 2.05) is 6.92 Å². The van der Waals surface area contributed by atoms with Gasteiger partial charge < -0.3 is 20.5 Å². The Bertz CT molecular complexity index is 682. The molecule has 2 unspecified atom stereocenters. The molecule has 20 heavy (non-hydrogen) atoms. The first-order valence-corrected chi connectivity index (χ1v) is 6.67. The van der Waals surface area contributed by atoms with Gasteiger partial charge in [-0.1, -0.05) is 0 Å². The highest BCUT2D eigenvalue weighted by molar-refractivity contribution is 5.93. The van der Waals surface area contributed by atoms with Crippen molar-refractivity contribution in [2.24, 2.45) is 0 Å². The summed E-state index contributed by atoms with van der Waals surface area (Å²) in [6.45, 7) is 2.86. The van der Waals surface area contributed by atoms with Crippen LogP contribution in [0.4, 0.5) is 11.8 Å². The molecular weight excluding hydrogens is 260 g/mol. The van der Waals surface area contributed by atoms with Crippen molar-refractivity contribution in [3.05, 3.63) is 0 Å². The summed E-state index contributed by atoms with van der Waals surface area (Å²) >= 11 is 0. The molecule has 0 radical (unpaired) electrons. The lowest BCUT2D eigenvalue weighted by Crippen LogP contribution is -2.53. The van der Waals surface area contributed by atoms with Crippen molar-refractivity contribution in [1.82, 2.24) is 20.2 Å². The lowest BCUT2D eigenvalue weighted by Gasteiger charge is -2.42. The molecule has 8 nitrogen and oxygen atoms in total. The Morgan fingerprint density at radius 3 is 3.20 bits per heavy atom. The van der Waals surface area contributed by atoms with Crippen molar-refractivity contribution in [2.75, 3.05) is 23.8 Å². The van der Waals surface area contributed by atoms with Crippen LogP contribution in [0, 0.1) is 0 Å². The average Bonchev–Trinajstić information content (AvgIpc) is 2.71.